The lowest BCUT2D eigenvalue weighted by Crippen LogP contribution is -2.28. The van der Waals surface area contributed by atoms with Crippen LogP contribution in [0.4, 0.5) is 17.1 Å². The maximum absolute atomic E-state index is 2.38. The van der Waals surface area contributed by atoms with Gasteiger partial charge in [-0.05, 0) is 131 Å². The van der Waals surface area contributed by atoms with Crippen LogP contribution in [0, 0.1) is 0 Å². The van der Waals surface area contributed by atoms with Gasteiger partial charge >= 0.3 is 0 Å². The number of hydrogen-bond donors (Lipinski definition) is 0. The van der Waals surface area contributed by atoms with Crippen molar-refractivity contribution in [2.24, 2.45) is 0 Å². The van der Waals surface area contributed by atoms with Crippen LogP contribution in [0.3, 0.4) is 0 Å². The van der Waals surface area contributed by atoms with E-state index < -0.39 is 0 Å². The summed E-state index contributed by atoms with van der Waals surface area (Å²) in [4.78, 5) is 2.38. The molecule has 10 aromatic rings. The standard InChI is InChI=1S/C60H41N/c1-3-13-40(14-4-1)42-25-31-48(32-26-42)61(49-33-27-43(28-34-49)47-24-23-41-15-7-8-18-46(41)39-47)50-35-29-45(30-36-50)52-38-37-51(44-16-5-2-6-17-44)59-57-53-19-9-11-21-55(53)58(60(52)59)56-22-12-10-20-54(56)57/h1-39,57-58H. The highest BCUT2D eigenvalue weighted by molar-refractivity contribution is 5.89. The van der Waals surface area contributed by atoms with Gasteiger partial charge in [-0.1, -0.05) is 194 Å². The van der Waals surface area contributed by atoms with Crippen molar-refractivity contribution in [2.75, 3.05) is 4.90 Å². The van der Waals surface area contributed by atoms with Gasteiger partial charge < -0.3 is 4.90 Å². The quantitative estimate of drug-likeness (QED) is 0.156. The van der Waals surface area contributed by atoms with E-state index in [1.165, 1.54) is 88.7 Å². The van der Waals surface area contributed by atoms with E-state index in [1.807, 2.05) is 0 Å². The Kier molecular flexibility index (Phi) is 8.38. The van der Waals surface area contributed by atoms with Crippen molar-refractivity contribution in [3.63, 3.8) is 0 Å². The van der Waals surface area contributed by atoms with Crippen LogP contribution in [-0.2, 0) is 0 Å². The van der Waals surface area contributed by atoms with Crippen LogP contribution < -0.4 is 4.90 Å². The van der Waals surface area contributed by atoms with Gasteiger partial charge in [0, 0.05) is 28.9 Å². The molecular formula is C60H41N. The lowest BCUT2D eigenvalue weighted by Gasteiger charge is -2.44. The zero-order valence-corrected chi connectivity index (χ0v) is 33.6. The van der Waals surface area contributed by atoms with Gasteiger partial charge in [0.05, 0.1) is 0 Å². The summed E-state index contributed by atoms with van der Waals surface area (Å²) in [6.45, 7) is 0. The maximum Gasteiger partial charge on any atom is 0.0462 e. The molecule has 2 bridgehead atoms. The summed E-state index contributed by atoms with van der Waals surface area (Å²) in [7, 11) is 0. The monoisotopic (exact) mass is 775 g/mol. The first-order valence-corrected chi connectivity index (χ1v) is 21.3. The lowest BCUT2D eigenvalue weighted by molar-refractivity contribution is 0.757. The molecular weight excluding hydrogens is 735 g/mol. The van der Waals surface area contributed by atoms with E-state index in [4.69, 9.17) is 0 Å². The van der Waals surface area contributed by atoms with Gasteiger partial charge in [0.1, 0.15) is 0 Å². The molecule has 0 amide bonds. The summed E-state index contributed by atoms with van der Waals surface area (Å²) in [5.41, 5.74) is 21.9. The zero-order valence-electron chi connectivity index (χ0n) is 33.6. The van der Waals surface area contributed by atoms with Crippen molar-refractivity contribution in [3.05, 3.63) is 270 Å². The van der Waals surface area contributed by atoms with Crippen molar-refractivity contribution in [1.82, 2.24) is 0 Å². The smallest absolute Gasteiger partial charge is 0.0462 e. The highest BCUT2D eigenvalue weighted by Crippen LogP contribution is 2.59. The van der Waals surface area contributed by atoms with Gasteiger partial charge in [0.25, 0.3) is 0 Å². The minimum absolute atomic E-state index is 0.159. The average Bonchev–Trinajstić information content (AvgIpc) is 3.34. The van der Waals surface area contributed by atoms with E-state index in [1.54, 1.807) is 0 Å². The van der Waals surface area contributed by atoms with E-state index in [2.05, 4.69) is 241 Å². The van der Waals surface area contributed by atoms with Gasteiger partial charge in [-0.15, -0.1) is 0 Å². The highest BCUT2D eigenvalue weighted by Gasteiger charge is 2.43. The number of fused-ring (bicyclic) bond motifs is 1. The Bertz CT molecular complexity index is 3170. The molecule has 0 saturated carbocycles. The third kappa shape index (κ3) is 5.93. The van der Waals surface area contributed by atoms with Gasteiger partial charge in [-0.2, -0.15) is 0 Å². The fraction of sp³-hybridized carbons (Fsp3) is 0.0333. The molecule has 1 nitrogen and oxygen atoms in total. The molecule has 3 aliphatic rings. The molecule has 0 spiro atoms. The van der Waals surface area contributed by atoms with Crippen LogP contribution in [0.2, 0.25) is 0 Å². The number of benzene rings is 10. The van der Waals surface area contributed by atoms with Crippen molar-refractivity contribution in [3.8, 4) is 44.5 Å². The molecule has 0 saturated heterocycles. The van der Waals surface area contributed by atoms with E-state index in [0.29, 0.717) is 0 Å². The Labute approximate surface area is 357 Å². The van der Waals surface area contributed by atoms with Crippen molar-refractivity contribution in [1.29, 1.82) is 0 Å². The van der Waals surface area contributed by atoms with E-state index in [-0.39, 0.29) is 11.8 Å². The molecule has 0 aliphatic heterocycles. The fourth-order valence-corrected chi connectivity index (χ4v) is 10.3. The van der Waals surface area contributed by atoms with E-state index >= 15 is 0 Å². The predicted molar refractivity (Wildman–Crippen MR) is 255 cm³/mol. The molecule has 13 rings (SSSR count). The molecule has 286 valence electrons. The van der Waals surface area contributed by atoms with Crippen LogP contribution in [-0.4, -0.2) is 0 Å². The second-order valence-corrected chi connectivity index (χ2v) is 16.4. The lowest BCUT2D eigenvalue weighted by atomic mass is 9.58. The van der Waals surface area contributed by atoms with E-state index in [9.17, 15) is 0 Å². The summed E-state index contributed by atoms with van der Waals surface area (Å²) >= 11 is 0. The Morgan fingerprint density at radius 3 is 1.08 bits per heavy atom. The first-order valence-electron chi connectivity index (χ1n) is 21.3. The van der Waals surface area contributed by atoms with Crippen LogP contribution in [0.15, 0.2) is 237 Å². The van der Waals surface area contributed by atoms with Crippen LogP contribution >= 0.6 is 0 Å². The van der Waals surface area contributed by atoms with Crippen LogP contribution in [0.1, 0.15) is 45.2 Å². The minimum atomic E-state index is 0.159. The molecule has 61 heavy (non-hydrogen) atoms. The molecule has 0 N–H and O–H groups in total. The summed E-state index contributed by atoms with van der Waals surface area (Å²) in [5, 5.41) is 2.51. The molecule has 0 unspecified atom stereocenters. The van der Waals surface area contributed by atoms with Gasteiger partial charge in [-0.3, -0.25) is 0 Å². The van der Waals surface area contributed by atoms with Crippen LogP contribution in [0.5, 0.6) is 0 Å². The third-order valence-corrected chi connectivity index (χ3v) is 13.1. The second kappa shape index (κ2) is 14.5. The molecule has 0 heterocycles. The highest BCUT2D eigenvalue weighted by atomic mass is 15.1. The second-order valence-electron chi connectivity index (χ2n) is 16.4. The molecule has 10 aromatic carbocycles. The number of anilines is 3. The number of rotatable bonds is 7. The Morgan fingerprint density at radius 1 is 0.246 bits per heavy atom. The van der Waals surface area contributed by atoms with Gasteiger partial charge in [0.2, 0.25) is 0 Å². The Hall–Kier alpha value is -7.74. The van der Waals surface area contributed by atoms with Gasteiger partial charge in [-0.25, -0.2) is 0 Å². The van der Waals surface area contributed by atoms with Crippen molar-refractivity contribution >= 4 is 27.8 Å². The molecule has 0 aromatic heterocycles. The third-order valence-electron chi connectivity index (χ3n) is 13.1. The van der Waals surface area contributed by atoms with E-state index in [0.717, 1.165) is 17.1 Å². The van der Waals surface area contributed by atoms with Crippen molar-refractivity contribution < 1.29 is 0 Å². The molecule has 1 heteroatoms. The molecule has 0 fully saturated rings. The fourth-order valence-electron chi connectivity index (χ4n) is 10.3. The average molecular weight is 776 g/mol. The SMILES string of the molecule is c1ccc(-c2ccc(N(c3ccc(-c4ccc5ccccc5c4)cc3)c3ccc(-c4ccc(-c5ccccc5)c5c4C4c6ccccc6C5c5ccccc54)cc3)cc2)cc1. The molecule has 3 aliphatic carbocycles. The number of nitrogens with zero attached hydrogens (tertiary/aromatic N) is 1. The Morgan fingerprint density at radius 2 is 0.590 bits per heavy atom. The van der Waals surface area contributed by atoms with Gasteiger partial charge in [0.15, 0.2) is 0 Å². The maximum atomic E-state index is 2.38. The topological polar surface area (TPSA) is 3.24 Å². The molecule has 0 atom stereocenters. The predicted octanol–water partition coefficient (Wildman–Crippen LogP) is 16.0. The summed E-state index contributed by atoms with van der Waals surface area (Å²) in [5.74, 6) is 0.334. The molecule has 0 radical (unpaired) electrons. The van der Waals surface area contributed by atoms with Crippen molar-refractivity contribution in [2.45, 2.75) is 11.8 Å². The largest absolute Gasteiger partial charge is 0.311 e. The first kappa shape index (κ1) is 35.2. The zero-order chi connectivity index (χ0) is 40.3. The summed E-state index contributed by atoms with van der Waals surface area (Å²) in [6, 6.07) is 87.2. The number of hydrogen-bond acceptors (Lipinski definition) is 1. The first-order chi connectivity index (χ1) is 30.3. The van der Waals surface area contributed by atoms with Crippen LogP contribution in [0.25, 0.3) is 55.3 Å². The normalized spacial score (nSPS) is 14.6. The summed E-state index contributed by atoms with van der Waals surface area (Å²) in [6.07, 6.45) is 0. The minimum Gasteiger partial charge on any atom is -0.311 e. The Balaban J connectivity index is 0.976. The summed E-state index contributed by atoms with van der Waals surface area (Å²) < 4.78 is 0.